The molecular weight excluding hydrogens is 470 g/mol. The molecule has 1 fully saturated rings. The molecular formula is C28H31F4N3O. The molecule has 0 radical (unpaired) electrons. The van der Waals surface area contributed by atoms with Gasteiger partial charge < -0.3 is 10.0 Å². The molecule has 1 saturated heterocycles. The van der Waals surface area contributed by atoms with E-state index in [2.05, 4.69) is 16.1 Å². The minimum Gasteiger partial charge on any atom is -0.393 e. The van der Waals surface area contributed by atoms with Crippen LogP contribution in [0.25, 0.3) is 11.9 Å². The Labute approximate surface area is 208 Å². The van der Waals surface area contributed by atoms with Gasteiger partial charge in [0.15, 0.2) is 5.83 Å². The number of benzene rings is 2. The third kappa shape index (κ3) is 5.64. The standard InChI is InChI=1S/C28H31F4N3O/c1-19-15-26(25(29)17-20-7-9-22(10-8-20)27(2,3)28(30,31)32)33-35(19)18-21-5-4-6-23(16-21)34-13-11-24(36)12-14-34/h4-10,15-17,24,36H,11-14,18H2,1-3H3/b25-17-. The molecule has 0 atom stereocenters. The lowest BCUT2D eigenvalue weighted by Gasteiger charge is -2.31. The first kappa shape index (κ1) is 25.9. The van der Waals surface area contributed by atoms with E-state index in [0.29, 0.717) is 12.1 Å². The summed E-state index contributed by atoms with van der Waals surface area (Å²) in [5.41, 5.74) is 1.68. The first-order chi connectivity index (χ1) is 16.9. The van der Waals surface area contributed by atoms with E-state index in [1.807, 2.05) is 25.1 Å². The van der Waals surface area contributed by atoms with Gasteiger partial charge in [-0.05, 0) is 74.6 Å². The van der Waals surface area contributed by atoms with Crippen LogP contribution in [-0.4, -0.2) is 40.3 Å². The molecule has 3 aromatic rings. The van der Waals surface area contributed by atoms with Crippen LogP contribution in [0.5, 0.6) is 0 Å². The highest BCUT2D eigenvalue weighted by molar-refractivity contribution is 5.75. The fourth-order valence-corrected chi connectivity index (χ4v) is 4.32. The molecule has 1 aliphatic heterocycles. The van der Waals surface area contributed by atoms with Crippen LogP contribution in [0, 0.1) is 6.92 Å². The molecule has 0 aliphatic carbocycles. The van der Waals surface area contributed by atoms with Gasteiger partial charge in [0, 0.05) is 24.5 Å². The number of hydrogen-bond donors (Lipinski definition) is 1. The van der Waals surface area contributed by atoms with E-state index in [4.69, 9.17) is 0 Å². The van der Waals surface area contributed by atoms with E-state index in [-0.39, 0.29) is 17.4 Å². The minimum absolute atomic E-state index is 0.121. The number of anilines is 1. The van der Waals surface area contributed by atoms with Crippen molar-refractivity contribution in [3.05, 3.63) is 82.7 Å². The highest BCUT2D eigenvalue weighted by atomic mass is 19.4. The monoisotopic (exact) mass is 501 g/mol. The lowest BCUT2D eigenvalue weighted by Crippen LogP contribution is -2.36. The molecule has 192 valence electrons. The summed E-state index contributed by atoms with van der Waals surface area (Å²) in [6, 6.07) is 15.5. The largest absolute Gasteiger partial charge is 0.397 e. The lowest BCUT2D eigenvalue weighted by molar-refractivity contribution is -0.180. The average Bonchev–Trinajstić information content (AvgIpc) is 3.19. The molecule has 4 nitrogen and oxygen atoms in total. The molecule has 1 aliphatic rings. The third-order valence-electron chi connectivity index (χ3n) is 6.93. The predicted molar refractivity (Wildman–Crippen MR) is 134 cm³/mol. The highest BCUT2D eigenvalue weighted by Crippen LogP contribution is 2.40. The first-order valence-corrected chi connectivity index (χ1v) is 12.1. The summed E-state index contributed by atoms with van der Waals surface area (Å²) in [5.74, 6) is -0.555. The van der Waals surface area contributed by atoms with Gasteiger partial charge >= 0.3 is 6.18 Å². The number of piperidine rings is 1. The third-order valence-corrected chi connectivity index (χ3v) is 6.93. The summed E-state index contributed by atoms with van der Waals surface area (Å²) in [4.78, 5) is 2.25. The summed E-state index contributed by atoms with van der Waals surface area (Å²) in [5, 5.41) is 14.2. The summed E-state index contributed by atoms with van der Waals surface area (Å²) in [6.07, 6.45) is -1.83. The Morgan fingerprint density at radius 3 is 2.36 bits per heavy atom. The van der Waals surface area contributed by atoms with Crippen molar-refractivity contribution in [3.8, 4) is 0 Å². The van der Waals surface area contributed by atoms with Gasteiger partial charge in [-0.3, -0.25) is 4.68 Å². The van der Waals surface area contributed by atoms with Gasteiger partial charge in [0.05, 0.1) is 18.1 Å². The predicted octanol–water partition coefficient (Wildman–Crippen LogP) is 6.51. The molecule has 2 heterocycles. The maximum atomic E-state index is 15.0. The quantitative estimate of drug-likeness (QED) is 0.392. The summed E-state index contributed by atoms with van der Waals surface area (Å²) < 4.78 is 56.6. The van der Waals surface area contributed by atoms with Crippen LogP contribution in [0.1, 0.15) is 54.8 Å². The zero-order valence-corrected chi connectivity index (χ0v) is 20.7. The molecule has 0 unspecified atom stereocenters. The van der Waals surface area contributed by atoms with E-state index < -0.39 is 17.4 Å². The van der Waals surface area contributed by atoms with Crippen LogP contribution in [0.3, 0.4) is 0 Å². The van der Waals surface area contributed by atoms with Crippen molar-refractivity contribution in [1.82, 2.24) is 9.78 Å². The Morgan fingerprint density at radius 1 is 1.06 bits per heavy atom. The van der Waals surface area contributed by atoms with E-state index in [1.165, 1.54) is 30.3 Å². The summed E-state index contributed by atoms with van der Waals surface area (Å²) >= 11 is 0. The van der Waals surface area contributed by atoms with Crippen molar-refractivity contribution >= 4 is 17.6 Å². The second kappa shape index (κ2) is 10.1. The topological polar surface area (TPSA) is 41.3 Å². The number of aliphatic hydroxyl groups excluding tert-OH is 1. The van der Waals surface area contributed by atoms with Crippen LogP contribution < -0.4 is 4.90 Å². The van der Waals surface area contributed by atoms with Gasteiger partial charge in [0.25, 0.3) is 0 Å². The number of aromatic nitrogens is 2. The van der Waals surface area contributed by atoms with Gasteiger partial charge in [-0.25, -0.2) is 4.39 Å². The molecule has 2 aromatic carbocycles. The van der Waals surface area contributed by atoms with Crippen LogP contribution >= 0.6 is 0 Å². The summed E-state index contributed by atoms with van der Waals surface area (Å²) in [7, 11) is 0. The number of halogens is 4. The Hall–Kier alpha value is -3.13. The van der Waals surface area contributed by atoms with Crippen molar-refractivity contribution in [2.45, 2.75) is 57.9 Å². The van der Waals surface area contributed by atoms with Crippen LogP contribution in [-0.2, 0) is 12.0 Å². The fourth-order valence-electron chi connectivity index (χ4n) is 4.32. The SMILES string of the molecule is Cc1cc(/C(F)=C/c2ccc(C(C)(C)C(F)(F)F)cc2)nn1Cc1cccc(N2CCC(O)CC2)c1. The Kier molecular flexibility index (Phi) is 7.27. The number of aryl methyl sites for hydroxylation is 1. The van der Waals surface area contributed by atoms with E-state index in [1.54, 1.807) is 10.7 Å². The molecule has 1 aromatic heterocycles. The van der Waals surface area contributed by atoms with Crippen molar-refractivity contribution in [1.29, 1.82) is 0 Å². The van der Waals surface area contributed by atoms with E-state index in [9.17, 15) is 22.7 Å². The Balaban J connectivity index is 1.48. The zero-order chi connectivity index (χ0) is 26.1. The average molecular weight is 502 g/mol. The van der Waals surface area contributed by atoms with Gasteiger partial charge in [-0.1, -0.05) is 36.4 Å². The molecule has 4 rings (SSSR count). The molecule has 0 spiro atoms. The van der Waals surface area contributed by atoms with Crippen LogP contribution in [0.4, 0.5) is 23.2 Å². The summed E-state index contributed by atoms with van der Waals surface area (Å²) in [6.45, 7) is 6.19. The van der Waals surface area contributed by atoms with Gasteiger partial charge in [0.1, 0.15) is 5.69 Å². The molecule has 0 amide bonds. The van der Waals surface area contributed by atoms with Crippen LogP contribution in [0.2, 0.25) is 0 Å². The number of hydrogen-bond acceptors (Lipinski definition) is 3. The van der Waals surface area contributed by atoms with Crippen molar-refractivity contribution in [2.75, 3.05) is 18.0 Å². The Bertz CT molecular complexity index is 1220. The van der Waals surface area contributed by atoms with Crippen LogP contribution in [0.15, 0.2) is 54.6 Å². The minimum atomic E-state index is -4.38. The number of alkyl halides is 3. The molecule has 36 heavy (non-hydrogen) atoms. The van der Waals surface area contributed by atoms with E-state index in [0.717, 1.165) is 56.7 Å². The second-order valence-corrected chi connectivity index (χ2v) is 9.95. The molecule has 0 saturated carbocycles. The van der Waals surface area contributed by atoms with E-state index >= 15 is 0 Å². The lowest BCUT2D eigenvalue weighted by atomic mass is 9.83. The fraction of sp³-hybridized carbons (Fsp3) is 0.393. The maximum Gasteiger partial charge on any atom is 0.397 e. The van der Waals surface area contributed by atoms with Gasteiger partial charge in [0.2, 0.25) is 0 Å². The van der Waals surface area contributed by atoms with Crippen molar-refractivity contribution < 1.29 is 22.7 Å². The van der Waals surface area contributed by atoms with Gasteiger partial charge in [-0.2, -0.15) is 18.3 Å². The zero-order valence-electron chi connectivity index (χ0n) is 20.7. The molecule has 0 bridgehead atoms. The maximum absolute atomic E-state index is 15.0. The van der Waals surface area contributed by atoms with Crippen molar-refractivity contribution in [3.63, 3.8) is 0 Å². The molecule has 8 heteroatoms. The van der Waals surface area contributed by atoms with Gasteiger partial charge in [-0.15, -0.1) is 0 Å². The smallest absolute Gasteiger partial charge is 0.393 e. The first-order valence-electron chi connectivity index (χ1n) is 12.1. The second-order valence-electron chi connectivity index (χ2n) is 9.95. The highest BCUT2D eigenvalue weighted by Gasteiger charge is 2.48. The van der Waals surface area contributed by atoms with Crippen molar-refractivity contribution in [2.24, 2.45) is 0 Å². The Morgan fingerprint density at radius 2 is 1.72 bits per heavy atom. The number of nitrogens with zero attached hydrogens (tertiary/aromatic N) is 3. The molecule has 1 N–H and O–H groups in total. The number of rotatable bonds is 6. The number of aliphatic hydroxyl groups is 1. The normalized spacial score (nSPS) is 16.0.